The number of aryl methyl sites for hydroxylation is 6. The van der Waals surface area contributed by atoms with Crippen LogP contribution in [0.4, 0.5) is 0 Å². The van der Waals surface area contributed by atoms with E-state index < -0.39 is 32.7 Å². The average Bonchev–Trinajstić information content (AvgIpc) is 2.86. The van der Waals surface area contributed by atoms with Crippen LogP contribution in [-0.4, -0.2) is 48.4 Å². The molecule has 0 atom stereocenters. The minimum Gasteiger partial charge on any atom is -0.356 e. The molecule has 0 fully saturated rings. The molecule has 0 spiro atoms. The van der Waals surface area contributed by atoms with Crippen LogP contribution in [0.3, 0.4) is 0 Å². The molecule has 216 valence electrons. The predicted octanol–water partition coefficient (Wildman–Crippen LogP) is -1.19. The summed E-state index contributed by atoms with van der Waals surface area (Å²) < 4.78 is 4.73. The van der Waals surface area contributed by atoms with Gasteiger partial charge in [0.15, 0.2) is 22.3 Å². The Balaban J connectivity index is 0.000000609. The van der Waals surface area contributed by atoms with Gasteiger partial charge in [-0.15, -0.1) is 0 Å². The monoisotopic (exact) mass is 678 g/mol. The maximum atomic E-state index is 11.8. The average molecular weight is 677 g/mol. The van der Waals surface area contributed by atoms with E-state index in [1.807, 2.05) is 0 Å². The zero-order valence-electron chi connectivity index (χ0n) is 23.3. The SMILES string of the molecule is Cc1nc2c(=O)n(C)c(=O)n(C)c2nc1C.Cc1nc2c(=O)n(C)c(=O)n(C)c2nc1C.O=[N+]([O-])[O-].O=[N+]([O-])[O-].[Cd+2]. The molecule has 0 aliphatic heterocycles. The van der Waals surface area contributed by atoms with Gasteiger partial charge in [-0.25, -0.2) is 29.5 Å². The largest absolute Gasteiger partial charge is 2.00 e. The summed E-state index contributed by atoms with van der Waals surface area (Å²) >= 11 is 0. The van der Waals surface area contributed by atoms with E-state index in [9.17, 15) is 19.2 Å². The number of aromatic nitrogens is 8. The zero-order chi connectivity index (χ0) is 31.2. The molecule has 41 heavy (non-hydrogen) atoms. The predicted molar refractivity (Wildman–Crippen MR) is 140 cm³/mol. The second kappa shape index (κ2) is 14.7. The van der Waals surface area contributed by atoms with Gasteiger partial charge in [-0.3, -0.25) is 27.9 Å². The summed E-state index contributed by atoms with van der Waals surface area (Å²) in [5, 5.41) is 29.5. The molecule has 4 rings (SSSR count). The van der Waals surface area contributed by atoms with Crippen LogP contribution in [-0.2, 0) is 55.5 Å². The van der Waals surface area contributed by atoms with Gasteiger partial charge in [-0.1, -0.05) is 0 Å². The van der Waals surface area contributed by atoms with Crippen molar-refractivity contribution in [3.05, 3.63) is 95.1 Å². The fourth-order valence-electron chi connectivity index (χ4n) is 3.06. The summed E-state index contributed by atoms with van der Waals surface area (Å²) in [5.74, 6) is 0. The topological polar surface area (TPSA) is 272 Å². The summed E-state index contributed by atoms with van der Waals surface area (Å²) in [6.07, 6.45) is 0. The van der Waals surface area contributed by atoms with Crippen LogP contribution >= 0.6 is 0 Å². The fraction of sp³-hybridized carbons (Fsp3) is 0.400. The molecular formula is C20H24CdN10O10. The summed E-state index contributed by atoms with van der Waals surface area (Å²) in [7, 11) is 6.02. The molecule has 0 saturated carbocycles. The Morgan fingerprint density at radius 3 is 0.976 bits per heavy atom. The van der Waals surface area contributed by atoms with E-state index in [2.05, 4.69) is 19.9 Å². The van der Waals surface area contributed by atoms with Crippen molar-refractivity contribution in [2.75, 3.05) is 0 Å². The molecule has 0 radical (unpaired) electrons. The molecule has 0 aliphatic carbocycles. The molecule has 0 amide bonds. The summed E-state index contributed by atoms with van der Waals surface area (Å²) in [6.45, 7) is 7.16. The molecule has 0 aromatic carbocycles. The summed E-state index contributed by atoms with van der Waals surface area (Å²) in [6, 6.07) is 0. The molecule has 4 heterocycles. The molecule has 4 aromatic rings. The number of fused-ring (bicyclic) bond motifs is 2. The molecule has 0 aliphatic rings. The van der Waals surface area contributed by atoms with Crippen LogP contribution in [0, 0.1) is 58.3 Å². The van der Waals surface area contributed by atoms with Crippen molar-refractivity contribution in [1.29, 1.82) is 0 Å². The van der Waals surface area contributed by atoms with Crippen molar-refractivity contribution in [3.63, 3.8) is 0 Å². The fourth-order valence-corrected chi connectivity index (χ4v) is 3.06. The van der Waals surface area contributed by atoms with Crippen molar-refractivity contribution < 1.29 is 37.5 Å². The Hall–Kier alpha value is -4.64. The van der Waals surface area contributed by atoms with Gasteiger partial charge in [0.05, 0.1) is 32.9 Å². The third-order valence-corrected chi connectivity index (χ3v) is 5.37. The van der Waals surface area contributed by atoms with E-state index >= 15 is 0 Å². The van der Waals surface area contributed by atoms with E-state index in [0.29, 0.717) is 22.7 Å². The van der Waals surface area contributed by atoms with E-state index in [-0.39, 0.29) is 38.3 Å². The Bertz CT molecular complexity index is 1720. The Morgan fingerprint density at radius 2 is 0.732 bits per heavy atom. The second-order valence-electron chi connectivity index (χ2n) is 7.99. The van der Waals surface area contributed by atoms with Crippen LogP contribution in [0.1, 0.15) is 22.8 Å². The van der Waals surface area contributed by atoms with Gasteiger partial charge < -0.3 is 30.6 Å². The van der Waals surface area contributed by atoms with Crippen LogP contribution in [0.2, 0.25) is 0 Å². The first-order valence-corrected chi connectivity index (χ1v) is 10.8. The molecule has 0 unspecified atom stereocenters. The number of hydrogen-bond acceptors (Lipinski definition) is 14. The maximum Gasteiger partial charge on any atom is 2.00 e. The number of nitrogens with zero attached hydrogens (tertiary/aromatic N) is 10. The van der Waals surface area contributed by atoms with Crippen molar-refractivity contribution in [2.24, 2.45) is 28.2 Å². The van der Waals surface area contributed by atoms with Gasteiger partial charge in [-0.2, -0.15) is 0 Å². The smallest absolute Gasteiger partial charge is 0.356 e. The Labute approximate surface area is 248 Å². The summed E-state index contributed by atoms with van der Waals surface area (Å²) in [4.78, 5) is 80.3. The van der Waals surface area contributed by atoms with Crippen molar-refractivity contribution >= 4 is 22.3 Å². The van der Waals surface area contributed by atoms with Gasteiger partial charge in [-0.05, 0) is 27.7 Å². The van der Waals surface area contributed by atoms with Crippen molar-refractivity contribution in [3.8, 4) is 0 Å². The molecule has 0 saturated heterocycles. The first-order chi connectivity index (χ1) is 18.3. The van der Waals surface area contributed by atoms with E-state index in [0.717, 1.165) is 20.5 Å². The summed E-state index contributed by atoms with van der Waals surface area (Å²) in [5.41, 5.74) is 2.35. The maximum absolute atomic E-state index is 11.8. The van der Waals surface area contributed by atoms with Gasteiger partial charge >= 0.3 is 38.7 Å². The molecule has 0 bridgehead atoms. The van der Waals surface area contributed by atoms with Crippen molar-refractivity contribution in [1.82, 2.24) is 38.2 Å². The Kier molecular flexibility index (Phi) is 13.0. The van der Waals surface area contributed by atoms with Gasteiger partial charge in [0.1, 0.15) is 0 Å². The number of rotatable bonds is 0. The standard InChI is InChI=1S/2C10H12N4O2.Cd.2NO3/c2*1-5-6(2)12-8-7(11-5)9(15)14(4)10(16)13(8)3;;2*2-1(3)4/h2*1-4H3;;;/q;;+2;2*-1. The van der Waals surface area contributed by atoms with Gasteiger partial charge in [0, 0.05) is 28.2 Å². The molecule has 4 aromatic heterocycles. The minimum atomic E-state index is -1.75. The van der Waals surface area contributed by atoms with Crippen molar-refractivity contribution in [2.45, 2.75) is 27.7 Å². The van der Waals surface area contributed by atoms with E-state index in [1.54, 1.807) is 41.8 Å². The van der Waals surface area contributed by atoms with Gasteiger partial charge in [0.2, 0.25) is 0 Å². The normalized spacial score (nSPS) is 9.76. The molecule has 21 heteroatoms. The first-order valence-electron chi connectivity index (χ1n) is 10.8. The minimum absolute atomic E-state index is 0. The molecule has 0 N–H and O–H groups in total. The third-order valence-electron chi connectivity index (χ3n) is 5.37. The van der Waals surface area contributed by atoms with E-state index in [1.165, 1.54) is 23.2 Å². The zero-order valence-corrected chi connectivity index (χ0v) is 27.3. The van der Waals surface area contributed by atoms with E-state index in [4.69, 9.17) is 30.6 Å². The quantitative estimate of drug-likeness (QED) is 0.120. The van der Waals surface area contributed by atoms with Crippen LogP contribution in [0.15, 0.2) is 19.2 Å². The second-order valence-corrected chi connectivity index (χ2v) is 7.99. The number of hydrogen-bond donors (Lipinski definition) is 0. The van der Waals surface area contributed by atoms with Crippen LogP contribution < -0.4 is 22.5 Å². The third kappa shape index (κ3) is 8.67. The van der Waals surface area contributed by atoms with Gasteiger partial charge in [0.25, 0.3) is 11.1 Å². The van der Waals surface area contributed by atoms with Crippen LogP contribution in [0.25, 0.3) is 22.3 Å². The Morgan fingerprint density at radius 1 is 0.512 bits per heavy atom. The molecular weight excluding hydrogens is 653 g/mol. The molecule has 20 nitrogen and oxygen atoms in total. The van der Waals surface area contributed by atoms with Crippen LogP contribution in [0.5, 0.6) is 0 Å². The first kappa shape index (κ1) is 36.4.